The molecule has 5 heteroatoms. The number of rotatable bonds is 4. The number of hydrogen-bond donors (Lipinski definition) is 1. The van der Waals surface area contributed by atoms with Crippen LogP contribution in [0.2, 0.25) is 0 Å². The lowest BCUT2D eigenvalue weighted by Crippen LogP contribution is -2.38. The van der Waals surface area contributed by atoms with Gasteiger partial charge in [-0.15, -0.1) is 10.2 Å². The molecule has 1 N–H and O–H groups in total. The van der Waals surface area contributed by atoms with Crippen LogP contribution in [0.15, 0.2) is 0 Å². The van der Waals surface area contributed by atoms with Crippen LogP contribution in [0.4, 0.5) is 0 Å². The van der Waals surface area contributed by atoms with Crippen LogP contribution in [-0.4, -0.2) is 46.3 Å². The predicted octanol–water partition coefficient (Wildman–Crippen LogP) is 1.22. The molecule has 3 rings (SSSR count). The molecule has 3 heterocycles. The van der Waals surface area contributed by atoms with Crippen molar-refractivity contribution in [2.24, 2.45) is 5.92 Å². The third-order valence-electron chi connectivity index (χ3n) is 4.46. The Kier molecular flexibility index (Phi) is 3.84. The van der Waals surface area contributed by atoms with Gasteiger partial charge in [-0.05, 0) is 52.2 Å². The van der Waals surface area contributed by atoms with E-state index in [9.17, 15) is 0 Å². The quantitative estimate of drug-likeness (QED) is 0.887. The number of aryl methyl sites for hydroxylation is 1. The van der Waals surface area contributed by atoms with Crippen molar-refractivity contribution in [3.63, 3.8) is 0 Å². The second-order valence-electron chi connectivity index (χ2n) is 6.13. The van der Waals surface area contributed by atoms with Gasteiger partial charge in [0.25, 0.3) is 0 Å². The molecule has 0 aromatic carbocycles. The third-order valence-corrected chi connectivity index (χ3v) is 4.46. The van der Waals surface area contributed by atoms with E-state index < -0.39 is 0 Å². The average Bonchev–Trinajstić information content (AvgIpc) is 2.98. The van der Waals surface area contributed by atoms with E-state index >= 15 is 0 Å². The molecule has 0 amide bonds. The minimum atomic E-state index is 0.312. The molecule has 0 bridgehead atoms. The van der Waals surface area contributed by atoms with Gasteiger partial charge >= 0.3 is 0 Å². The van der Waals surface area contributed by atoms with Gasteiger partial charge in [0.2, 0.25) is 0 Å². The molecule has 1 saturated heterocycles. The van der Waals surface area contributed by atoms with Crippen molar-refractivity contribution in [2.75, 3.05) is 26.7 Å². The fraction of sp³-hybridized carbons (Fsp3) is 0.857. The van der Waals surface area contributed by atoms with Crippen LogP contribution in [0.3, 0.4) is 0 Å². The molecule has 2 aliphatic heterocycles. The molecular weight excluding hydrogens is 238 g/mol. The molecule has 106 valence electrons. The van der Waals surface area contributed by atoms with Crippen molar-refractivity contribution in [1.82, 2.24) is 25.0 Å². The molecule has 2 unspecified atom stereocenters. The highest BCUT2D eigenvalue weighted by molar-refractivity contribution is 5.04. The zero-order chi connectivity index (χ0) is 13.2. The summed E-state index contributed by atoms with van der Waals surface area (Å²) in [5, 5.41) is 12.3. The standard InChI is InChI=1S/C14H25N5/c1-11(14-17-16-13-6-4-8-19(13)14)15-9-12-5-3-7-18(2)10-12/h11-12,15H,3-10H2,1-2H3. The van der Waals surface area contributed by atoms with Crippen molar-refractivity contribution >= 4 is 0 Å². The zero-order valence-electron chi connectivity index (χ0n) is 12.1. The van der Waals surface area contributed by atoms with Crippen molar-refractivity contribution in [3.05, 3.63) is 11.6 Å². The predicted molar refractivity (Wildman–Crippen MR) is 75.0 cm³/mol. The summed E-state index contributed by atoms with van der Waals surface area (Å²) in [6.45, 7) is 6.87. The van der Waals surface area contributed by atoms with Crippen LogP contribution in [0, 0.1) is 5.92 Å². The van der Waals surface area contributed by atoms with E-state index in [-0.39, 0.29) is 0 Å². The second kappa shape index (κ2) is 5.59. The maximum absolute atomic E-state index is 4.36. The molecule has 0 saturated carbocycles. The van der Waals surface area contributed by atoms with E-state index in [0.717, 1.165) is 31.3 Å². The summed E-state index contributed by atoms with van der Waals surface area (Å²) < 4.78 is 2.30. The lowest BCUT2D eigenvalue weighted by atomic mass is 9.98. The van der Waals surface area contributed by atoms with Crippen molar-refractivity contribution in [3.8, 4) is 0 Å². The maximum Gasteiger partial charge on any atom is 0.149 e. The number of likely N-dealkylation sites (tertiary alicyclic amines) is 1. The molecule has 5 nitrogen and oxygen atoms in total. The summed E-state index contributed by atoms with van der Waals surface area (Å²) in [6, 6.07) is 0.312. The Bertz CT molecular complexity index is 427. The van der Waals surface area contributed by atoms with E-state index in [1.165, 1.54) is 38.2 Å². The number of fused-ring (bicyclic) bond motifs is 1. The molecule has 19 heavy (non-hydrogen) atoms. The van der Waals surface area contributed by atoms with Gasteiger partial charge in [-0.1, -0.05) is 0 Å². The first-order valence-electron chi connectivity index (χ1n) is 7.58. The van der Waals surface area contributed by atoms with E-state index in [1.807, 2.05) is 0 Å². The molecule has 0 spiro atoms. The Labute approximate surface area is 115 Å². The fourth-order valence-corrected chi connectivity index (χ4v) is 3.37. The number of piperidine rings is 1. The summed E-state index contributed by atoms with van der Waals surface area (Å²) in [4.78, 5) is 2.44. The molecule has 2 atom stereocenters. The minimum absolute atomic E-state index is 0.312. The fourth-order valence-electron chi connectivity index (χ4n) is 3.37. The van der Waals surface area contributed by atoms with Crippen molar-refractivity contribution in [2.45, 2.75) is 45.2 Å². The van der Waals surface area contributed by atoms with Crippen LogP contribution < -0.4 is 5.32 Å². The van der Waals surface area contributed by atoms with E-state index in [2.05, 4.69) is 39.0 Å². The summed E-state index contributed by atoms with van der Waals surface area (Å²) >= 11 is 0. The lowest BCUT2D eigenvalue weighted by molar-refractivity contribution is 0.203. The van der Waals surface area contributed by atoms with Gasteiger partial charge in [-0.25, -0.2) is 0 Å². The number of hydrogen-bond acceptors (Lipinski definition) is 4. The number of nitrogens with zero attached hydrogens (tertiary/aromatic N) is 4. The Morgan fingerprint density at radius 1 is 1.32 bits per heavy atom. The van der Waals surface area contributed by atoms with Gasteiger partial charge in [0, 0.05) is 19.5 Å². The summed E-state index contributed by atoms with van der Waals surface area (Å²) in [5.74, 6) is 3.07. The van der Waals surface area contributed by atoms with Gasteiger partial charge in [0.15, 0.2) is 0 Å². The number of nitrogens with one attached hydrogen (secondary N) is 1. The van der Waals surface area contributed by atoms with E-state index in [0.29, 0.717) is 6.04 Å². The van der Waals surface area contributed by atoms with Crippen LogP contribution >= 0.6 is 0 Å². The second-order valence-corrected chi connectivity index (χ2v) is 6.13. The molecule has 1 fully saturated rings. The van der Waals surface area contributed by atoms with Crippen LogP contribution in [-0.2, 0) is 13.0 Å². The molecule has 0 radical (unpaired) electrons. The Hall–Kier alpha value is -0.940. The highest BCUT2D eigenvalue weighted by Crippen LogP contribution is 2.20. The van der Waals surface area contributed by atoms with Gasteiger partial charge in [-0.3, -0.25) is 0 Å². The Balaban J connectivity index is 1.54. The normalized spacial score (nSPS) is 25.5. The minimum Gasteiger partial charge on any atom is -0.314 e. The molecule has 1 aromatic heterocycles. The van der Waals surface area contributed by atoms with E-state index in [4.69, 9.17) is 0 Å². The summed E-state index contributed by atoms with van der Waals surface area (Å²) in [5.41, 5.74) is 0. The first-order chi connectivity index (χ1) is 9.24. The van der Waals surface area contributed by atoms with Crippen LogP contribution in [0.25, 0.3) is 0 Å². The third kappa shape index (κ3) is 2.82. The van der Waals surface area contributed by atoms with Gasteiger partial charge in [0.05, 0.1) is 6.04 Å². The summed E-state index contributed by atoms with van der Waals surface area (Å²) in [7, 11) is 2.22. The SMILES string of the molecule is CC(NCC1CCCN(C)C1)c1nnc2n1CCC2. The van der Waals surface area contributed by atoms with Crippen LogP contribution in [0.5, 0.6) is 0 Å². The van der Waals surface area contributed by atoms with Gasteiger partial charge < -0.3 is 14.8 Å². The Morgan fingerprint density at radius 3 is 3.05 bits per heavy atom. The van der Waals surface area contributed by atoms with Crippen molar-refractivity contribution < 1.29 is 0 Å². The summed E-state index contributed by atoms with van der Waals surface area (Å²) in [6.07, 6.45) is 4.99. The Morgan fingerprint density at radius 2 is 2.21 bits per heavy atom. The molecular formula is C14H25N5. The van der Waals surface area contributed by atoms with E-state index in [1.54, 1.807) is 0 Å². The first-order valence-corrected chi connectivity index (χ1v) is 7.58. The first kappa shape index (κ1) is 13.1. The highest BCUT2D eigenvalue weighted by Gasteiger charge is 2.22. The number of aromatic nitrogens is 3. The smallest absolute Gasteiger partial charge is 0.149 e. The van der Waals surface area contributed by atoms with Crippen molar-refractivity contribution in [1.29, 1.82) is 0 Å². The average molecular weight is 263 g/mol. The molecule has 1 aromatic rings. The largest absolute Gasteiger partial charge is 0.314 e. The molecule has 2 aliphatic rings. The lowest BCUT2D eigenvalue weighted by Gasteiger charge is -2.30. The zero-order valence-corrected chi connectivity index (χ0v) is 12.1. The van der Waals surface area contributed by atoms with Gasteiger partial charge in [-0.2, -0.15) is 0 Å². The maximum atomic E-state index is 4.36. The van der Waals surface area contributed by atoms with Gasteiger partial charge in [0.1, 0.15) is 11.6 Å². The topological polar surface area (TPSA) is 46.0 Å². The highest BCUT2D eigenvalue weighted by atomic mass is 15.3. The monoisotopic (exact) mass is 263 g/mol. The van der Waals surface area contributed by atoms with Crippen LogP contribution in [0.1, 0.15) is 43.9 Å². The molecule has 0 aliphatic carbocycles.